The lowest BCUT2D eigenvalue weighted by Gasteiger charge is -2.31. The van der Waals surface area contributed by atoms with Crippen molar-refractivity contribution in [2.75, 3.05) is 0 Å². The molecule has 0 aliphatic heterocycles. The first-order valence-electron chi connectivity index (χ1n) is 1.76. The molecule has 0 saturated carbocycles. The molecule has 0 amide bonds. The molecular formula is C2F6NO-. The van der Waals surface area contributed by atoms with Crippen LogP contribution in [0.3, 0.4) is 0 Å². The molecule has 0 N–H and O–H groups in total. The van der Waals surface area contributed by atoms with E-state index in [4.69, 9.17) is 5.21 Å². The number of nitrogens with zero attached hydrogens (tertiary/aromatic N) is 1. The Bertz CT molecular complexity index is 99.9. The highest BCUT2D eigenvalue weighted by Gasteiger charge is 2.46. The summed E-state index contributed by atoms with van der Waals surface area (Å²) in [4.78, 5) is 0. The summed E-state index contributed by atoms with van der Waals surface area (Å²) in [7, 11) is 0. The average Bonchev–Trinajstić information content (AvgIpc) is 1.59. The molecule has 0 atom stereocenters. The topological polar surface area (TPSA) is 26.3 Å². The predicted molar refractivity (Wildman–Crippen MR) is 17.3 cm³/mol. The van der Waals surface area contributed by atoms with Crippen LogP contribution in [0, 0.1) is 5.21 Å². The van der Waals surface area contributed by atoms with Crippen molar-refractivity contribution in [2.45, 2.75) is 12.6 Å². The van der Waals surface area contributed by atoms with Crippen molar-refractivity contribution in [3.63, 3.8) is 0 Å². The van der Waals surface area contributed by atoms with Gasteiger partial charge in [0.1, 0.15) is 0 Å². The smallest absolute Gasteiger partial charge is 0.454 e. The first-order valence-corrected chi connectivity index (χ1v) is 1.76. The molecular weight excluding hydrogens is 168 g/mol. The number of hydrogen-bond donors (Lipinski definition) is 0. The van der Waals surface area contributed by atoms with Crippen molar-refractivity contribution in [3.05, 3.63) is 5.21 Å². The molecule has 10 heavy (non-hydrogen) atoms. The molecule has 0 radical (unpaired) electrons. The summed E-state index contributed by atoms with van der Waals surface area (Å²) in [6.07, 6.45) is -11.8. The maximum absolute atomic E-state index is 10.8. The van der Waals surface area contributed by atoms with Gasteiger partial charge in [0.25, 0.3) is 0 Å². The summed E-state index contributed by atoms with van der Waals surface area (Å²) < 4.78 is 65.0. The van der Waals surface area contributed by atoms with Gasteiger partial charge in [-0.2, -0.15) is 26.3 Å². The van der Waals surface area contributed by atoms with Gasteiger partial charge in [-0.25, -0.2) is 5.06 Å². The number of halogens is 6. The molecule has 8 heteroatoms. The normalized spacial score (nSPS) is 14.4. The van der Waals surface area contributed by atoms with Crippen molar-refractivity contribution < 1.29 is 26.3 Å². The van der Waals surface area contributed by atoms with E-state index < -0.39 is 17.7 Å². The highest BCUT2D eigenvalue weighted by atomic mass is 19.4. The molecule has 0 aromatic rings. The number of hydroxylamine groups is 2. The first-order chi connectivity index (χ1) is 4.15. The Labute approximate surface area is 50.6 Å². The lowest BCUT2D eigenvalue weighted by Crippen LogP contribution is -2.43. The Hall–Kier alpha value is -0.500. The van der Waals surface area contributed by atoms with Gasteiger partial charge in [-0.3, -0.25) is 0 Å². The Morgan fingerprint density at radius 3 is 1.00 bits per heavy atom. The zero-order chi connectivity index (χ0) is 8.58. The van der Waals surface area contributed by atoms with E-state index >= 15 is 0 Å². The minimum atomic E-state index is -5.90. The highest BCUT2D eigenvalue weighted by Crippen LogP contribution is 2.31. The first kappa shape index (κ1) is 9.50. The summed E-state index contributed by atoms with van der Waals surface area (Å²) in [6.45, 7) is 0. The third-order valence-electron chi connectivity index (χ3n) is 0.461. The van der Waals surface area contributed by atoms with E-state index in [9.17, 15) is 26.3 Å². The molecule has 0 aromatic carbocycles. The molecule has 0 rings (SSSR count). The lowest BCUT2D eigenvalue weighted by atomic mass is 10.9. The quantitative estimate of drug-likeness (QED) is 0.313. The third kappa shape index (κ3) is 2.40. The van der Waals surface area contributed by atoms with E-state index in [1.165, 1.54) is 0 Å². The number of alkyl halides is 6. The summed E-state index contributed by atoms with van der Waals surface area (Å²) in [5.41, 5.74) is 0. The van der Waals surface area contributed by atoms with Crippen molar-refractivity contribution in [1.29, 1.82) is 0 Å². The standard InChI is InChI=1S/C2F6NO/c3-1(4,5)9(10)2(6,7)8/q-1. The summed E-state index contributed by atoms with van der Waals surface area (Å²) in [5, 5.41) is 6.28. The Morgan fingerprint density at radius 2 is 1.00 bits per heavy atom. The molecule has 0 bridgehead atoms. The molecule has 0 fully saturated rings. The Kier molecular flexibility index (Phi) is 2.16. The molecule has 0 aromatic heterocycles. The second-order valence-electron chi connectivity index (χ2n) is 1.23. The predicted octanol–water partition coefficient (Wildman–Crippen LogP) is 1.83. The van der Waals surface area contributed by atoms with Gasteiger partial charge in [0.15, 0.2) is 0 Å². The van der Waals surface area contributed by atoms with E-state index in [1.807, 2.05) is 0 Å². The fraction of sp³-hybridized carbons (Fsp3) is 1.00. The fourth-order valence-electron chi connectivity index (χ4n) is 0.144. The number of rotatable bonds is 0. The van der Waals surface area contributed by atoms with Crippen LogP contribution in [0.4, 0.5) is 26.3 Å². The molecule has 0 heterocycles. The van der Waals surface area contributed by atoms with Crippen molar-refractivity contribution in [2.24, 2.45) is 0 Å². The largest absolute Gasteiger partial charge is 0.773 e. The molecule has 0 unspecified atom stereocenters. The van der Waals surface area contributed by atoms with Gasteiger partial charge in [-0.05, 0) is 0 Å². The number of hydrogen-bond acceptors (Lipinski definition) is 2. The van der Waals surface area contributed by atoms with Crippen LogP contribution in [0.5, 0.6) is 0 Å². The fourth-order valence-corrected chi connectivity index (χ4v) is 0.144. The van der Waals surface area contributed by atoms with E-state index in [1.54, 1.807) is 0 Å². The Morgan fingerprint density at radius 1 is 0.800 bits per heavy atom. The van der Waals surface area contributed by atoms with E-state index in [0.717, 1.165) is 0 Å². The van der Waals surface area contributed by atoms with Crippen LogP contribution in [0.2, 0.25) is 0 Å². The van der Waals surface area contributed by atoms with Crippen LogP contribution in [0.25, 0.3) is 0 Å². The zero-order valence-corrected chi connectivity index (χ0v) is 4.12. The van der Waals surface area contributed by atoms with Gasteiger partial charge in [0, 0.05) is 0 Å². The molecule has 62 valence electrons. The van der Waals surface area contributed by atoms with Crippen LogP contribution in [0.1, 0.15) is 0 Å². The second kappa shape index (κ2) is 2.27. The van der Waals surface area contributed by atoms with Crippen LogP contribution < -0.4 is 0 Å². The van der Waals surface area contributed by atoms with Crippen molar-refractivity contribution in [3.8, 4) is 0 Å². The van der Waals surface area contributed by atoms with Gasteiger partial charge in [-0.1, -0.05) is 0 Å². The minimum Gasteiger partial charge on any atom is -0.773 e. The van der Waals surface area contributed by atoms with E-state index in [0.29, 0.717) is 0 Å². The highest BCUT2D eigenvalue weighted by molar-refractivity contribution is 4.61. The molecule has 0 spiro atoms. The van der Waals surface area contributed by atoms with E-state index in [-0.39, 0.29) is 0 Å². The van der Waals surface area contributed by atoms with E-state index in [2.05, 4.69) is 0 Å². The van der Waals surface area contributed by atoms with Crippen LogP contribution in [-0.4, -0.2) is 17.7 Å². The maximum atomic E-state index is 10.8. The molecule has 0 aliphatic carbocycles. The summed E-state index contributed by atoms with van der Waals surface area (Å²) in [6, 6.07) is 0. The van der Waals surface area contributed by atoms with Crippen LogP contribution in [0.15, 0.2) is 0 Å². The summed E-state index contributed by atoms with van der Waals surface area (Å²) in [5.74, 6) is 0. The van der Waals surface area contributed by atoms with Gasteiger partial charge >= 0.3 is 12.6 Å². The lowest BCUT2D eigenvalue weighted by molar-refractivity contribution is -0.354. The monoisotopic (exact) mass is 168 g/mol. The zero-order valence-electron chi connectivity index (χ0n) is 4.12. The molecule has 0 aliphatic rings. The van der Waals surface area contributed by atoms with Gasteiger partial charge in [0.2, 0.25) is 0 Å². The summed E-state index contributed by atoms with van der Waals surface area (Å²) >= 11 is 0. The average molecular weight is 168 g/mol. The SMILES string of the molecule is [O-]N(C(F)(F)F)C(F)(F)F. The van der Waals surface area contributed by atoms with Gasteiger partial charge < -0.3 is 5.21 Å². The Balaban J connectivity index is 4.23. The van der Waals surface area contributed by atoms with Crippen molar-refractivity contribution >= 4 is 0 Å². The van der Waals surface area contributed by atoms with Gasteiger partial charge in [0.05, 0.1) is 0 Å². The van der Waals surface area contributed by atoms with Crippen LogP contribution in [-0.2, 0) is 0 Å². The third-order valence-corrected chi connectivity index (χ3v) is 0.461. The van der Waals surface area contributed by atoms with Crippen molar-refractivity contribution in [1.82, 2.24) is 5.06 Å². The molecule has 0 saturated heterocycles. The maximum Gasteiger partial charge on any atom is 0.454 e. The molecule has 2 nitrogen and oxygen atoms in total. The second-order valence-corrected chi connectivity index (χ2v) is 1.23. The minimum absolute atomic E-state index is 2.88. The van der Waals surface area contributed by atoms with Gasteiger partial charge in [-0.15, -0.1) is 0 Å². The van der Waals surface area contributed by atoms with Crippen LogP contribution >= 0.6 is 0 Å².